The number of hydrogen-bond donors (Lipinski definition) is 0. The minimum Gasteiger partial charge on any atom is -0.493 e. The van der Waals surface area contributed by atoms with E-state index in [0.29, 0.717) is 6.42 Å². The molecular formula is C16H22O3S. The molecule has 2 rings (SSSR count). The molecule has 0 aliphatic carbocycles. The topological polar surface area (TPSA) is 35.5 Å². The molecule has 4 heteroatoms. The number of carbonyl (C=O) groups is 1. The van der Waals surface area contributed by atoms with Gasteiger partial charge in [0.1, 0.15) is 12.4 Å². The zero-order valence-corrected chi connectivity index (χ0v) is 12.9. The number of hydrogen-bond acceptors (Lipinski definition) is 4. The summed E-state index contributed by atoms with van der Waals surface area (Å²) in [5, 5.41) is 0. The Morgan fingerprint density at radius 2 is 2.30 bits per heavy atom. The third-order valence-electron chi connectivity index (χ3n) is 3.62. The minimum absolute atomic E-state index is 0.210. The Morgan fingerprint density at radius 1 is 1.45 bits per heavy atom. The molecule has 20 heavy (non-hydrogen) atoms. The molecule has 0 spiro atoms. The van der Waals surface area contributed by atoms with Crippen molar-refractivity contribution in [3.8, 4) is 11.5 Å². The summed E-state index contributed by atoms with van der Waals surface area (Å²) in [5.74, 6) is 4.05. The van der Waals surface area contributed by atoms with Gasteiger partial charge in [0, 0.05) is 12.2 Å². The highest BCUT2D eigenvalue weighted by molar-refractivity contribution is 7.99. The Bertz CT molecular complexity index is 441. The third-order valence-corrected chi connectivity index (χ3v) is 4.80. The first-order valence-corrected chi connectivity index (χ1v) is 8.26. The lowest BCUT2D eigenvalue weighted by Crippen LogP contribution is -2.23. The standard InChI is InChI=1S/C16H22O3S/c1-12(7-8-17)13-5-6-15(18-2)16(10-13)19-14-4-3-9-20-11-14/h5-6,8,10,12,14H,3-4,7,9,11H2,1-2H3. The van der Waals surface area contributed by atoms with Gasteiger partial charge in [0.25, 0.3) is 0 Å². The largest absolute Gasteiger partial charge is 0.493 e. The molecule has 1 aromatic carbocycles. The monoisotopic (exact) mass is 294 g/mol. The molecule has 110 valence electrons. The molecule has 0 N–H and O–H groups in total. The molecule has 3 nitrogen and oxygen atoms in total. The lowest BCUT2D eigenvalue weighted by molar-refractivity contribution is -0.108. The van der Waals surface area contributed by atoms with E-state index in [-0.39, 0.29) is 12.0 Å². The number of rotatable bonds is 6. The van der Waals surface area contributed by atoms with Crippen LogP contribution in [0.25, 0.3) is 0 Å². The van der Waals surface area contributed by atoms with Crippen molar-refractivity contribution in [2.75, 3.05) is 18.6 Å². The molecule has 0 saturated carbocycles. The number of thioether (sulfide) groups is 1. The van der Waals surface area contributed by atoms with Crippen LogP contribution in [0.5, 0.6) is 11.5 Å². The highest BCUT2D eigenvalue weighted by Gasteiger charge is 2.18. The predicted molar refractivity (Wildman–Crippen MR) is 83.1 cm³/mol. The Labute approximate surface area is 125 Å². The smallest absolute Gasteiger partial charge is 0.161 e. The van der Waals surface area contributed by atoms with Crippen molar-refractivity contribution in [2.24, 2.45) is 0 Å². The molecule has 2 unspecified atom stereocenters. The Balaban J connectivity index is 2.15. The van der Waals surface area contributed by atoms with Gasteiger partial charge in [-0.05, 0) is 42.2 Å². The van der Waals surface area contributed by atoms with Crippen LogP contribution in [0, 0.1) is 0 Å². The first-order chi connectivity index (χ1) is 9.74. The molecule has 2 atom stereocenters. The number of methoxy groups -OCH3 is 1. The summed E-state index contributed by atoms with van der Waals surface area (Å²) in [7, 11) is 1.66. The zero-order valence-electron chi connectivity index (χ0n) is 12.1. The van der Waals surface area contributed by atoms with Gasteiger partial charge in [-0.15, -0.1) is 0 Å². The summed E-state index contributed by atoms with van der Waals surface area (Å²) in [6, 6.07) is 5.96. The molecule has 1 heterocycles. The van der Waals surface area contributed by atoms with Crippen molar-refractivity contribution in [2.45, 2.75) is 38.2 Å². The van der Waals surface area contributed by atoms with Crippen LogP contribution < -0.4 is 9.47 Å². The fourth-order valence-electron chi connectivity index (χ4n) is 2.36. The number of aldehydes is 1. The van der Waals surface area contributed by atoms with Crippen LogP contribution in [-0.4, -0.2) is 31.0 Å². The van der Waals surface area contributed by atoms with Crippen molar-refractivity contribution >= 4 is 18.0 Å². The summed E-state index contributed by atoms with van der Waals surface area (Å²) in [4.78, 5) is 10.7. The van der Waals surface area contributed by atoms with Crippen molar-refractivity contribution < 1.29 is 14.3 Å². The predicted octanol–water partition coefficient (Wildman–Crippen LogP) is 3.66. The van der Waals surface area contributed by atoms with Crippen LogP contribution >= 0.6 is 11.8 Å². The molecule has 0 radical (unpaired) electrons. The second-order valence-corrected chi connectivity index (χ2v) is 6.32. The maximum absolute atomic E-state index is 10.7. The van der Waals surface area contributed by atoms with E-state index < -0.39 is 0 Å². The Kier molecular flexibility index (Phi) is 5.77. The van der Waals surface area contributed by atoms with E-state index in [1.54, 1.807) is 7.11 Å². The quantitative estimate of drug-likeness (QED) is 0.750. The summed E-state index contributed by atoms with van der Waals surface area (Å²) in [6.07, 6.45) is 4.07. The van der Waals surface area contributed by atoms with Gasteiger partial charge in [-0.1, -0.05) is 13.0 Å². The lowest BCUT2D eigenvalue weighted by Gasteiger charge is -2.24. The maximum Gasteiger partial charge on any atom is 0.161 e. The van der Waals surface area contributed by atoms with E-state index >= 15 is 0 Å². The van der Waals surface area contributed by atoms with Crippen molar-refractivity contribution in [1.29, 1.82) is 0 Å². The fourth-order valence-corrected chi connectivity index (χ4v) is 3.39. The van der Waals surface area contributed by atoms with E-state index in [0.717, 1.165) is 35.5 Å². The molecule has 0 bridgehead atoms. The molecule has 1 fully saturated rings. The van der Waals surface area contributed by atoms with E-state index in [1.807, 2.05) is 30.0 Å². The van der Waals surface area contributed by atoms with Crippen molar-refractivity contribution in [3.63, 3.8) is 0 Å². The SMILES string of the molecule is COc1ccc(C(C)CC=O)cc1OC1CCCSC1. The van der Waals surface area contributed by atoms with Gasteiger partial charge in [-0.2, -0.15) is 11.8 Å². The van der Waals surface area contributed by atoms with Crippen LogP contribution in [-0.2, 0) is 4.79 Å². The van der Waals surface area contributed by atoms with Crippen LogP contribution in [0.1, 0.15) is 37.7 Å². The molecule has 1 saturated heterocycles. The average molecular weight is 294 g/mol. The van der Waals surface area contributed by atoms with Crippen LogP contribution in [0.3, 0.4) is 0 Å². The molecule has 0 amide bonds. The first-order valence-electron chi connectivity index (χ1n) is 7.10. The molecule has 0 aromatic heterocycles. The van der Waals surface area contributed by atoms with Gasteiger partial charge in [-0.25, -0.2) is 0 Å². The molecular weight excluding hydrogens is 272 g/mol. The average Bonchev–Trinajstić information content (AvgIpc) is 2.48. The molecule has 1 aromatic rings. The van der Waals surface area contributed by atoms with E-state index in [2.05, 4.69) is 6.92 Å². The summed E-state index contributed by atoms with van der Waals surface area (Å²) in [5.41, 5.74) is 1.12. The highest BCUT2D eigenvalue weighted by atomic mass is 32.2. The summed E-state index contributed by atoms with van der Waals surface area (Å²) >= 11 is 1.94. The molecule has 1 aliphatic rings. The second-order valence-electron chi connectivity index (χ2n) is 5.17. The van der Waals surface area contributed by atoms with Gasteiger partial charge in [0.15, 0.2) is 11.5 Å². The highest BCUT2D eigenvalue weighted by Crippen LogP contribution is 2.34. The third kappa shape index (κ3) is 3.92. The van der Waals surface area contributed by atoms with Gasteiger partial charge in [0.05, 0.1) is 7.11 Å². The van der Waals surface area contributed by atoms with E-state index in [9.17, 15) is 4.79 Å². The maximum atomic E-state index is 10.7. The minimum atomic E-state index is 0.210. The normalized spacial score (nSPS) is 20.2. The van der Waals surface area contributed by atoms with E-state index in [1.165, 1.54) is 12.2 Å². The fraction of sp³-hybridized carbons (Fsp3) is 0.562. The number of benzene rings is 1. The van der Waals surface area contributed by atoms with Gasteiger partial charge in [0.2, 0.25) is 0 Å². The number of carbonyl (C=O) groups excluding carboxylic acids is 1. The van der Waals surface area contributed by atoms with Gasteiger partial charge < -0.3 is 14.3 Å². The molecule has 1 aliphatic heterocycles. The van der Waals surface area contributed by atoms with Crippen LogP contribution in [0.2, 0.25) is 0 Å². The summed E-state index contributed by atoms with van der Waals surface area (Å²) in [6.45, 7) is 2.05. The summed E-state index contributed by atoms with van der Waals surface area (Å²) < 4.78 is 11.5. The van der Waals surface area contributed by atoms with Gasteiger partial charge >= 0.3 is 0 Å². The Morgan fingerprint density at radius 3 is 2.95 bits per heavy atom. The van der Waals surface area contributed by atoms with E-state index in [4.69, 9.17) is 9.47 Å². The van der Waals surface area contributed by atoms with Crippen molar-refractivity contribution in [3.05, 3.63) is 23.8 Å². The van der Waals surface area contributed by atoms with Gasteiger partial charge in [-0.3, -0.25) is 0 Å². The Hall–Kier alpha value is -1.16. The van der Waals surface area contributed by atoms with Crippen molar-refractivity contribution in [1.82, 2.24) is 0 Å². The first kappa shape index (κ1) is 15.2. The van der Waals surface area contributed by atoms with Crippen LogP contribution in [0.4, 0.5) is 0 Å². The number of ether oxygens (including phenoxy) is 2. The second kappa shape index (κ2) is 7.58. The lowest BCUT2D eigenvalue weighted by atomic mass is 9.98. The van der Waals surface area contributed by atoms with Crippen LogP contribution in [0.15, 0.2) is 18.2 Å². The zero-order chi connectivity index (χ0) is 14.4.